The van der Waals surface area contributed by atoms with Crippen LogP contribution in [-0.4, -0.2) is 36.8 Å². The number of aliphatic hydroxyl groups excluding tert-OH is 2. The average Bonchev–Trinajstić information content (AvgIpc) is 3.07. The van der Waals surface area contributed by atoms with Crippen LogP contribution in [0.25, 0.3) is 11.1 Å². The molecule has 0 saturated carbocycles. The maximum atomic E-state index is 12.8. The second-order valence-electron chi connectivity index (χ2n) is 6.66. The lowest BCUT2D eigenvalue weighted by Crippen LogP contribution is -2.23. The van der Waals surface area contributed by atoms with Gasteiger partial charge in [0, 0.05) is 11.8 Å². The first kappa shape index (κ1) is 21.2. The van der Waals surface area contributed by atoms with Crippen LogP contribution in [-0.2, 0) is 16.2 Å². The molecule has 0 radical (unpaired) electrons. The lowest BCUT2D eigenvalue weighted by molar-refractivity contribution is -0.137. The van der Waals surface area contributed by atoms with Crippen molar-refractivity contribution in [2.45, 2.75) is 11.1 Å². The molecule has 2 aromatic rings. The summed E-state index contributed by atoms with van der Waals surface area (Å²) in [4.78, 5) is 3.88. The van der Waals surface area contributed by atoms with Gasteiger partial charge in [0.2, 0.25) is 10.0 Å². The lowest BCUT2D eigenvalue weighted by atomic mass is 9.92. The highest BCUT2D eigenvalue weighted by atomic mass is 32.2. The highest BCUT2D eigenvalue weighted by Crippen LogP contribution is 2.43. The maximum Gasteiger partial charge on any atom is 0.416 e. The van der Waals surface area contributed by atoms with Gasteiger partial charge in [-0.1, -0.05) is 24.3 Å². The van der Waals surface area contributed by atoms with Crippen LogP contribution in [0, 0.1) is 5.41 Å². The number of alkyl halides is 3. The predicted molar refractivity (Wildman–Crippen MR) is 99.6 cm³/mol. The molecule has 1 aromatic heterocycles. The third-order valence-electron chi connectivity index (χ3n) is 4.61. The number of nitrogens with zero attached hydrogens (tertiary/aromatic N) is 1. The summed E-state index contributed by atoms with van der Waals surface area (Å²) in [7, 11) is -3.94. The quantitative estimate of drug-likeness (QED) is 0.678. The highest BCUT2D eigenvalue weighted by molar-refractivity contribution is 7.89. The Hall–Kier alpha value is -2.53. The second kappa shape index (κ2) is 7.38. The SMILES string of the molecule is NS(=O)(=O)c1ccc(C2=CC(CO)(CO)C=C2c2ccc(C(F)(F)F)cc2)nc1. The van der Waals surface area contributed by atoms with Crippen molar-refractivity contribution in [2.75, 3.05) is 13.2 Å². The monoisotopic (exact) mass is 426 g/mol. The van der Waals surface area contributed by atoms with Crippen molar-refractivity contribution in [3.63, 3.8) is 0 Å². The Morgan fingerprint density at radius 2 is 1.55 bits per heavy atom. The molecule has 1 heterocycles. The zero-order chi connectivity index (χ0) is 21.4. The van der Waals surface area contributed by atoms with E-state index < -0.39 is 40.4 Å². The van der Waals surface area contributed by atoms with E-state index in [2.05, 4.69) is 4.98 Å². The van der Waals surface area contributed by atoms with Crippen LogP contribution in [0.1, 0.15) is 16.8 Å². The topological polar surface area (TPSA) is 114 Å². The highest BCUT2D eigenvalue weighted by Gasteiger charge is 2.34. The normalized spacial score (nSPS) is 16.5. The molecule has 1 aliphatic rings. The van der Waals surface area contributed by atoms with Gasteiger partial charge in [0.25, 0.3) is 0 Å². The number of sulfonamides is 1. The van der Waals surface area contributed by atoms with E-state index in [9.17, 15) is 31.8 Å². The zero-order valence-electron chi connectivity index (χ0n) is 14.9. The van der Waals surface area contributed by atoms with E-state index in [4.69, 9.17) is 5.14 Å². The zero-order valence-corrected chi connectivity index (χ0v) is 15.7. The first-order valence-electron chi connectivity index (χ1n) is 8.34. The van der Waals surface area contributed by atoms with Gasteiger partial charge in [0.1, 0.15) is 4.90 Å². The molecular formula is C19H17F3N2O4S. The van der Waals surface area contributed by atoms with Crippen molar-refractivity contribution in [3.05, 3.63) is 71.6 Å². The van der Waals surface area contributed by atoms with Gasteiger partial charge in [-0.15, -0.1) is 0 Å². The minimum absolute atomic E-state index is 0.199. The van der Waals surface area contributed by atoms with Gasteiger partial charge in [-0.05, 0) is 35.4 Å². The Morgan fingerprint density at radius 3 is 2.00 bits per heavy atom. The minimum atomic E-state index is -4.48. The number of benzene rings is 1. The minimum Gasteiger partial charge on any atom is -0.395 e. The summed E-state index contributed by atoms with van der Waals surface area (Å²) in [5, 5.41) is 24.5. The summed E-state index contributed by atoms with van der Waals surface area (Å²) in [5.41, 5.74) is -0.311. The second-order valence-corrected chi connectivity index (χ2v) is 8.23. The first-order valence-corrected chi connectivity index (χ1v) is 9.88. The van der Waals surface area contributed by atoms with Crippen molar-refractivity contribution in [3.8, 4) is 0 Å². The molecule has 0 saturated heterocycles. The summed E-state index contributed by atoms with van der Waals surface area (Å²) in [6.45, 7) is -0.876. The Kier molecular flexibility index (Phi) is 5.39. The van der Waals surface area contributed by atoms with Gasteiger partial charge in [0.05, 0.1) is 29.9 Å². The molecule has 0 fully saturated rings. The number of nitrogens with two attached hydrogens (primary N) is 1. The Labute approximate surface area is 164 Å². The standard InChI is InChI=1S/C19H17F3N2O4S/c20-19(21,22)13-3-1-12(2-4-13)15-7-18(10-25,11-26)8-16(15)17-6-5-14(9-24-17)29(23,27)28/h1-9,25-26H,10-11H2,(H2,23,27,28). The number of aromatic nitrogens is 1. The summed E-state index contributed by atoms with van der Waals surface area (Å²) in [6.07, 6.45) is -0.306. The van der Waals surface area contributed by atoms with E-state index >= 15 is 0 Å². The van der Waals surface area contributed by atoms with Crippen molar-refractivity contribution in [1.82, 2.24) is 4.98 Å². The summed E-state index contributed by atoms with van der Waals surface area (Å²) < 4.78 is 61.4. The van der Waals surface area contributed by atoms with Crippen molar-refractivity contribution in [1.29, 1.82) is 0 Å². The van der Waals surface area contributed by atoms with Crippen LogP contribution in [0.15, 0.2) is 59.6 Å². The summed E-state index contributed by atoms with van der Waals surface area (Å²) in [6, 6.07) is 7.08. The van der Waals surface area contributed by atoms with Crippen molar-refractivity contribution < 1.29 is 31.8 Å². The molecule has 0 unspecified atom stereocenters. The molecular weight excluding hydrogens is 409 g/mol. The van der Waals surface area contributed by atoms with Crippen LogP contribution in [0.5, 0.6) is 0 Å². The molecule has 154 valence electrons. The molecule has 6 nitrogen and oxygen atoms in total. The maximum absolute atomic E-state index is 12.8. The number of aliphatic hydroxyl groups is 2. The Bertz CT molecular complexity index is 1070. The van der Waals surface area contributed by atoms with Crippen LogP contribution < -0.4 is 5.14 Å². The van der Waals surface area contributed by atoms with Crippen LogP contribution in [0.2, 0.25) is 0 Å². The molecule has 0 amide bonds. The third-order valence-corrected chi connectivity index (χ3v) is 5.51. The molecule has 10 heteroatoms. The van der Waals surface area contributed by atoms with E-state index in [0.29, 0.717) is 22.4 Å². The molecule has 3 rings (SSSR count). The number of allylic oxidation sites excluding steroid dienone is 2. The third kappa shape index (κ3) is 4.25. The van der Waals surface area contributed by atoms with E-state index in [-0.39, 0.29) is 4.90 Å². The number of rotatable bonds is 5. The van der Waals surface area contributed by atoms with Crippen LogP contribution >= 0.6 is 0 Å². The number of hydrogen-bond donors (Lipinski definition) is 3. The fraction of sp³-hybridized carbons (Fsp3) is 0.211. The predicted octanol–water partition coefficient (Wildman–Crippen LogP) is 2.20. The van der Waals surface area contributed by atoms with E-state index in [1.807, 2.05) is 0 Å². The molecule has 0 bridgehead atoms. The van der Waals surface area contributed by atoms with Crippen LogP contribution in [0.4, 0.5) is 13.2 Å². The van der Waals surface area contributed by atoms with Crippen LogP contribution in [0.3, 0.4) is 0 Å². The number of halogens is 3. The Morgan fingerprint density at radius 1 is 0.966 bits per heavy atom. The van der Waals surface area contributed by atoms with E-state index in [0.717, 1.165) is 18.3 Å². The first-order chi connectivity index (χ1) is 13.5. The van der Waals surface area contributed by atoms with Gasteiger partial charge in [0.15, 0.2) is 0 Å². The van der Waals surface area contributed by atoms with Gasteiger partial charge < -0.3 is 10.2 Å². The smallest absolute Gasteiger partial charge is 0.395 e. The largest absolute Gasteiger partial charge is 0.416 e. The summed E-state index contributed by atoms with van der Waals surface area (Å²) >= 11 is 0. The molecule has 1 aromatic carbocycles. The fourth-order valence-corrected chi connectivity index (χ4v) is 3.46. The molecule has 1 aliphatic carbocycles. The van der Waals surface area contributed by atoms with E-state index in [1.54, 1.807) is 12.2 Å². The van der Waals surface area contributed by atoms with Gasteiger partial charge in [-0.2, -0.15) is 13.2 Å². The van der Waals surface area contributed by atoms with Gasteiger partial charge >= 0.3 is 6.18 Å². The molecule has 0 aliphatic heterocycles. The molecule has 0 atom stereocenters. The van der Waals surface area contributed by atoms with Crippen molar-refractivity contribution in [2.24, 2.45) is 10.6 Å². The number of hydrogen-bond acceptors (Lipinski definition) is 5. The molecule has 4 N–H and O–H groups in total. The fourth-order valence-electron chi connectivity index (χ4n) is 3.00. The molecule has 29 heavy (non-hydrogen) atoms. The van der Waals surface area contributed by atoms with Gasteiger partial charge in [-0.25, -0.2) is 13.6 Å². The number of pyridine rings is 1. The van der Waals surface area contributed by atoms with Gasteiger partial charge in [-0.3, -0.25) is 4.98 Å². The molecule has 0 spiro atoms. The van der Waals surface area contributed by atoms with Crippen molar-refractivity contribution >= 4 is 21.2 Å². The average molecular weight is 426 g/mol. The summed E-state index contributed by atoms with van der Waals surface area (Å²) in [5.74, 6) is 0. The van der Waals surface area contributed by atoms with E-state index in [1.165, 1.54) is 24.3 Å². The Balaban J connectivity index is 2.08. The number of primary sulfonamides is 1. The lowest BCUT2D eigenvalue weighted by Gasteiger charge is -2.18.